The molecule has 0 amide bonds. The van der Waals surface area contributed by atoms with E-state index >= 15 is 0 Å². The van der Waals surface area contributed by atoms with E-state index in [4.69, 9.17) is 4.74 Å². The lowest BCUT2D eigenvalue weighted by Crippen LogP contribution is -2.32. The smallest absolute Gasteiger partial charge is 0.269 e. The first-order chi connectivity index (χ1) is 12.2. The Kier molecular flexibility index (Phi) is 4.50. The third-order valence-corrected chi connectivity index (χ3v) is 4.36. The number of carbonyl (C=O) groups excluding carboxylic acids is 1. The van der Waals surface area contributed by atoms with Crippen LogP contribution in [0.4, 0.5) is 5.69 Å². The monoisotopic (exact) mass is 353 g/mol. The van der Waals surface area contributed by atoms with E-state index in [2.05, 4.69) is 0 Å². The molecule has 0 spiro atoms. The second-order valence-electron chi connectivity index (χ2n) is 6.89. The van der Waals surface area contributed by atoms with Gasteiger partial charge in [0, 0.05) is 18.2 Å². The van der Waals surface area contributed by atoms with E-state index in [-0.39, 0.29) is 28.4 Å². The number of allylic oxidation sites excluding steroid dienone is 1. The number of nitrogens with zero attached hydrogens (tertiary/aromatic N) is 1. The first-order valence-corrected chi connectivity index (χ1v) is 8.27. The number of benzene rings is 2. The number of aromatic hydroxyl groups is 1. The van der Waals surface area contributed by atoms with Gasteiger partial charge in [-0.3, -0.25) is 14.9 Å². The molecular weight excluding hydrogens is 334 g/mol. The minimum Gasteiger partial charge on any atom is -0.507 e. The molecule has 0 saturated carbocycles. The molecule has 0 aromatic heterocycles. The topological polar surface area (TPSA) is 89.7 Å². The fourth-order valence-corrected chi connectivity index (χ4v) is 2.85. The molecule has 0 unspecified atom stereocenters. The van der Waals surface area contributed by atoms with E-state index in [1.54, 1.807) is 24.3 Å². The van der Waals surface area contributed by atoms with Crippen LogP contribution in [0.25, 0.3) is 6.08 Å². The highest BCUT2D eigenvalue weighted by Crippen LogP contribution is 2.37. The normalized spacial score (nSPS) is 15.3. The maximum absolute atomic E-state index is 12.4. The van der Waals surface area contributed by atoms with Crippen LogP contribution in [-0.2, 0) is 6.42 Å². The third-order valence-electron chi connectivity index (χ3n) is 4.36. The number of aryl methyl sites for hydroxylation is 1. The molecule has 0 aliphatic carbocycles. The number of phenolic OH excluding ortho intramolecular Hbond substituents is 1. The first-order valence-electron chi connectivity index (χ1n) is 8.27. The summed E-state index contributed by atoms with van der Waals surface area (Å²) in [6.07, 6.45) is 4.51. The second kappa shape index (κ2) is 6.63. The van der Waals surface area contributed by atoms with Gasteiger partial charge < -0.3 is 9.84 Å². The fourth-order valence-electron chi connectivity index (χ4n) is 2.85. The van der Waals surface area contributed by atoms with Crippen molar-refractivity contribution in [3.05, 3.63) is 69.3 Å². The number of carbonyl (C=O) groups is 1. The van der Waals surface area contributed by atoms with Gasteiger partial charge in [-0.25, -0.2) is 0 Å². The lowest BCUT2D eigenvalue weighted by molar-refractivity contribution is -0.384. The van der Waals surface area contributed by atoms with Crippen LogP contribution >= 0.6 is 0 Å². The summed E-state index contributed by atoms with van der Waals surface area (Å²) < 4.78 is 5.85. The van der Waals surface area contributed by atoms with Gasteiger partial charge in [-0.2, -0.15) is 0 Å². The predicted molar refractivity (Wildman–Crippen MR) is 97.6 cm³/mol. The first kappa shape index (κ1) is 17.7. The highest BCUT2D eigenvalue weighted by Gasteiger charge is 2.28. The summed E-state index contributed by atoms with van der Waals surface area (Å²) in [7, 11) is 0. The number of rotatable bonds is 4. The van der Waals surface area contributed by atoms with Gasteiger partial charge >= 0.3 is 0 Å². The minimum absolute atomic E-state index is 0.0104. The number of non-ortho nitro benzene ring substituents is 1. The predicted octanol–water partition coefficient (Wildman–Crippen LogP) is 4.30. The average molecular weight is 353 g/mol. The number of ether oxygens (including phenoxy) is 1. The number of hydrogen-bond donors (Lipinski definition) is 1. The molecule has 2 aromatic carbocycles. The van der Waals surface area contributed by atoms with Gasteiger partial charge in [-0.1, -0.05) is 6.08 Å². The van der Waals surface area contributed by atoms with Crippen molar-refractivity contribution in [1.82, 2.24) is 0 Å². The number of nitro groups is 1. The molecule has 0 atom stereocenters. The largest absolute Gasteiger partial charge is 0.507 e. The number of phenols is 1. The van der Waals surface area contributed by atoms with Gasteiger partial charge in [-0.05, 0) is 62.1 Å². The van der Waals surface area contributed by atoms with Crippen molar-refractivity contribution < 1.29 is 19.6 Å². The second-order valence-corrected chi connectivity index (χ2v) is 6.89. The molecule has 6 heteroatoms. The zero-order chi connectivity index (χ0) is 18.9. The Morgan fingerprint density at radius 1 is 1.27 bits per heavy atom. The molecule has 1 aliphatic rings. The lowest BCUT2D eigenvalue weighted by Gasteiger charge is -2.32. The van der Waals surface area contributed by atoms with Crippen LogP contribution in [-0.4, -0.2) is 21.4 Å². The molecule has 0 fully saturated rings. The Morgan fingerprint density at radius 2 is 1.96 bits per heavy atom. The summed E-state index contributed by atoms with van der Waals surface area (Å²) >= 11 is 0. The molecule has 3 rings (SSSR count). The number of nitro benzene ring substituents is 1. The molecule has 134 valence electrons. The fraction of sp³-hybridized carbons (Fsp3) is 0.250. The van der Waals surface area contributed by atoms with Crippen LogP contribution in [0.1, 0.15) is 41.8 Å². The molecule has 0 bridgehead atoms. The van der Waals surface area contributed by atoms with Gasteiger partial charge in [0.25, 0.3) is 5.69 Å². The van der Waals surface area contributed by atoms with Crippen molar-refractivity contribution in [2.24, 2.45) is 0 Å². The van der Waals surface area contributed by atoms with Crippen molar-refractivity contribution in [3.63, 3.8) is 0 Å². The summed E-state index contributed by atoms with van der Waals surface area (Å²) in [5.41, 5.74) is 1.47. The Bertz CT molecular complexity index is 897. The van der Waals surface area contributed by atoms with E-state index in [0.29, 0.717) is 11.3 Å². The zero-order valence-corrected chi connectivity index (χ0v) is 14.6. The summed E-state index contributed by atoms with van der Waals surface area (Å²) in [6.45, 7) is 3.97. The molecular formula is C20H19NO5. The Morgan fingerprint density at radius 3 is 2.62 bits per heavy atom. The van der Waals surface area contributed by atoms with E-state index in [0.717, 1.165) is 18.4 Å². The van der Waals surface area contributed by atoms with Crippen LogP contribution in [0.3, 0.4) is 0 Å². The lowest BCUT2D eigenvalue weighted by atomic mass is 9.92. The summed E-state index contributed by atoms with van der Waals surface area (Å²) in [6, 6.07) is 9.03. The molecule has 1 N–H and O–H groups in total. The van der Waals surface area contributed by atoms with Crippen LogP contribution in [0.5, 0.6) is 11.5 Å². The van der Waals surface area contributed by atoms with Crippen LogP contribution in [0, 0.1) is 10.1 Å². The highest BCUT2D eigenvalue weighted by atomic mass is 16.6. The van der Waals surface area contributed by atoms with Crippen molar-refractivity contribution >= 4 is 17.5 Å². The Hall–Kier alpha value is -3.15. The van der Waals surface area contributed by atoms with Gasteiger partial charge in [0.15, 0.2) is 5.78 Å². The summed E-state index contributed by atoms with van der Waals surface area (Å²) in [4.78, 5) is 22.6. The number of fused-ring (bicyclic) bond motifs is 1. The standard InChI is InChI=1S/C20H19NO5/c1-20(2)10-9-14-11-16(18(23)12-19(14)26-20)17(22)8-5-13-3-6-15(7-4-13)21(24)25/h3-8,11-12,23H,9-10H2,1-2H3/b8-5+. The number of hydrogen-bond acceptors (Lipinski definition) is 5. The van der Waals surface area contributed by atoms with Gasteiger partial charge in [0.05, 0.1) is 10.5 Å². The van der Waals surface area contributed by atoms with E-state index in [1.807, 2.05) is 13.8 Å². The van der Waals surface area contributed by atoms with Gasteiger partial charge in [-0.15, -0.1) is 0 Å². The molecule has 6 nitrogen and oxygen atoms in total. The van der Waals surface area contributed by atoms with E-state index in [9.17, 15) is 20.0 Å². The SMILES string of the molecule is CC1(C)CCc2cc(C(=O)/C=C/c3ccc([N+](=O)[O-])cc3)c(O)cc2O1. The van der Waals surface area contributed by atoms with Crippen LogP contribution < -0.4 is 4.74 Å². The summed E-state index contributed by atoms with van der Waals surface area (Å²) in [5, 5.41) is 20.8. The third kappa shape index (κ3) is 3.74. The molecule has 0 saturated heterocycles. The maximum Gasteiger partial charge on any atom is 0.269 e. The van der Waals surface area contributed by atoms with Crippen LogP contribution in [0.2, 0.25) is 0 Å². The van der Waals surface area contributed by atoms with Crippen molar-refractivity contribution in [3.8, 4) is 11.5 Å². The molecule has 1 heterocycles. The minimum atomic E-state index is -0.479. The van der Waals surface area contributed by atoms with E-state index in [1.165, 1.54) is 24.3 Å². The number of ketones is 1. The van der Waals surface area contributed by atoms with Crippen molar-refractivity contribution in [1.29, 1.82) is 0 Å². The Balaban J connectivity index is 1.81. The van der Waals surface area contributed by atoms with Gasteiger partial charge in [0.1, 0.15) is 17.1 Å². The quantitative estimate of drug-likeness (QED) is 0.383. The highest BCUT2D eigenvalue weighted by molar-refractivity contribution is 6.08. The molecule has 26 heavy (non-hydrogen) atoms. The Labute approximate surface area is 150 Å². The zero-order valence-electron chi connectivity index (χ0n) is 14.6. The molecule has 2 aromatic rings. The summed E-state index contributed by atoms with van der Waals surface area (Å²) in [5.74, 6) is 0.142. The molecule has 0 radical (unpaired) electrons. The average Bonchev–Trinajstić information content (AvgIpc) is 2.58. The van der Waals surface area contributed by atoms with Crippen LogP contribution in [0.15, 0.2) is 42.5 Å². The van der Waals surface area contributed by atoms with Crippen molar-refractivity contribution in [2.45, 2.75) is 32.3 Å². The maximum atomic E-state index is 12.4. The van der Waals surface area contributed by atoms with Gasteiger partial charge in [0.2, 0.25) is 0 Å². The van der Waals surface area contributed by atoms with E-state index < -0.39 is 4.92 Å². The van der Waals surface area contributed by atoms with Crippen molar-refractivity contribution in [2.75, 3.05) is 0 Å². The molecule has 1 aliphatic heterocycles.